The molecule has 1 amide bonds. The zero-order valence-corrected chi connectivity index (χ0v) is 15.4. The molecule has 0 radical (unpaired) electrons. The molecule has 1 aromatic rings. The number of para-hydroxylation sites is 1. The fourth-order valence-electron chi connectivity index (χ4n) is 4.47. The van der Waals surface area contributed by atoms with Crippen molar-refractivity contribution < 1.29 is 18.3 Å². The summed E-state index contributed by atoms with van der Waals surface area (Å²) in [7, 11) is 0. The Bertz CT molecular complexity index is 632. The number of hydrogen-bond donors (Lipinski definition) is 1. The third kappa shape index (κ3) is 3.96. The normalized spacial score (nSPS) is 30.3. The van der Waals surface area contributed by atoms with Crippen LogP contribution in [0.3, 0.4) is 0 Å². The summed E-state index contributed by atoms with van der Waals surface area (Å²) in [6.45, 7) is 0.932. The first kappa shape index (κ1) is 19.4. The highest BCUT2D eigenvalue weighted by Crippen LogP contribution is 2.51. The number of carbonyl (C=O) groups excluding carboxylic acids is 1. The highest BCUT2D eigenvalue weighted by atomic mass is 35.5. The summed E-state index contributed by atoms with van der Waals surface area (Å²) in [6.07, 6.45) is 2.85. The van der Waals surface area contributed by atoms with Gasteiger partial charge in [-0.05, 0) is 61.7 Å². The van der Waals surface area contributed by atoms with Crippen molar-refractivity contribution in [1.82, 2.24) is 10.2 Å². The second-order valence-electron chi connectivity index (χ2n) is 7.45. The number of nitrogens with one attached hydrogen (secondary N) is 1. The molecule has 1 aliphatic carbocycles. The number of carbonyl (C=O) groups is 1. The quantitative estimate of drug-likeness (QED) is 0.863. The SMILES string of the molecule is Cl.O=C(C1CC1c1ccccc1OC(F)F)N1CC[C@@H]2CNC[C@@H]2CC1. The highest BCUT2D eigenvalue weighted by Gasteiger charge is 2.47. The summed E-state index contributed by atoms with van der Waals surface area (Å²) in [4.78, 5) is 14.9. The summed E-state index contributed by atoms with van der Waals surface area (Å²) in [5.74, 6) is 1.69. The molecule has 2 saturated heterocycles. The topological polar surface area (TPSA) is 41.6 Å². The zero-order chi connectivity index (χ0) is 17.4. The van der Waals surface area contributed by atoms with E-state index < -0.39 is 6.61 Å². The lowest BCUT2D eigenvalue weighted by Crippen LogP contribution is -2.34. The summed E-state index contributed by atoms with van der Waals surface area (Å²) in [5, 5.41) is 3.44. The largest absolute Gasteiger partial charge is 0.435 e. The maximum absolute atomic E-state index is 12.9. The predicted octanol–water partition coefficient (Wildman–Crippen LogP) is 3.27. The summed E-state index contributed by atoms with van der Waals surface area (Å²) < 4.78 is 29.8. The molecule has 4 atom stereocenters. The van der Waals surface area contributed by atoms with Crippen LogP contribution in [0.25, 0.3) is 0 Å². The minimum Gasteiger partial charge on any atom is -0.435 e. The zero-order valence-electron chi connectivity index (χ0n) is 14.6. The average Bonchev–Trinajstić information content (AvgIpc) is 3.31. The van der Waals surface area contributed by atoms with Gasteiger partial charge in [0.15, 0.2) is 0 Å². The number of rotatable bonds is 4. The van der Waals surface area contributed by atoms with Gasteiger partial charge in [-0.2, -0.15) is 8.78 Å². The van der Waals surface area contributed by atoms with Crippen molar-refractivity contribution in [3.63, 3.8) is 0 Å². The minimum atomic E-state index is -2.84. The molecule has 0 aromatic heterocycles. The summed E-state index contributed by atoms with van der Waals surface area (Å²) in [5.41, 5.74) is 0.733. The monoisotopic (exact) mass is 386 g/mol. The van der Waals surface area contributed by atoms with Crippen LogP contribution < -0.4 is 10.1 Å². The summed E-state index contributed by atoms with van der Waals surface area (Å²) >= 11 is 0. The van der Waals surface area contributed by atoms with Crippen LogP contribution in [0.5, 0.6) is 5.75 Å². The molecule has 2 heterocycles. The lowest BCUT2D eigenvalue weighted by molar-refractivity contribution is -0.132. The van der Waals surface area contributed by atoms with Crippen LogP contribution in [-0.2, 0) is 4.79 Å². The van der Waals surface area contributed by atoms with Crippen LogP contribution in [0.4, 0.5) is 8.78 Å². The third-order valence-electron chi connectivity index (χ3n) is 5.97. The van der Waals surface area contributed by atoms with Crippen LogP contribution in [-0.4, -0.2) is 43.6 Å². The fourth-order valence-corrected chi connectivity index (χ4v) is 4.47. The van der Waals surface area contributed by atoms with E-state index in [-0.39, 0.29) is 35.9 Å². The number of hydrogen-bond acceptors (Lipinski definition) is 3. The number of amides is 1. The molecule has 1 aromatic carbocycles. The van der Waals surface area contributed by atoms with Crippen molar-refractivity contribution in [1.29, 1.82) is 0 Å². The molecule has 2 aliphatic heterocycles. The Kier molecular flexibility index (Phi) is 6.03. The standard InChI is InChI=1S/C19H24F2N2O2.ClH/c20-19(21)25-17-4-2-1-3-14(17)15-9-16(15)18(24)23-7-5-12-10-22-11-13(12)6-8-23;/h1-4,12-13,15-16,19,22H,5-11H2;1H/t12-,13+,15?,16?;. The van der Waals surface area contributed by atoms with Crippen molar-refractivity contribution in [2.24, 2.45) is 17.8 Å². The van der Waals surface area contributed by atoms with E-state index in [4.69, 9.17) is 0 Å². The minimum absolute atomic E-state index is 0. The number of halogens is 3. The van der Waals surface area contributed by atoms with Gasteiger partial charge in [0.1, 0.15) is 5.75 Å². The van der Waals surface area contributed by atoms with Crippen LogP contribution >= 0.6 is 12.4 Å². The van der Waals surface area contributed by atoms with E-state index in [1.165, 1.54) is 0 Å². The van der Waals surface area contributed by atoms with Gasteiger partial charge in [-0.3, -0.25) is 4.79 Å². The van der Waals surface area contributed by atoms with Crippen molar-refractivity contribution in [3.05, 3.63) is 29.8 Å². The van der Waals surface area contributed by atoms with E-state index in [2.05, 4.69) is 10.1 Å². The first-order valence-corrected chi connectivity index (χ1v) is 9.16. The van der Waals surface area contributed by atoms with Crippen molar-refractivity contribution in [3.8, 4) is 5.75 Å². The van der Waals surface area contributed by atoms with E-state index in [1.807, 2.05) is 11.0 Å². The lowest BCUT2D eigenvalue weighted by atomic mass is 9.92. The molecule has 2 unspecified atom stereocenters. The molecule has 7 heteroatoms. The molecule has 0 bridgehead atoms. The maximum atomic E-state index is 12.9. The van der Waals surface area contributed by atoms with Crippen LogP contribution in [0.1, 0.15) is 30.7 Å². The molecule has 1 saturated carbocycles. The Balaban J connectivity index is 0.00000196. The van der Waals surface area contributed by atoms with Crippen molar-refractivity contribution >= 4 is 18.3 Å². The van der Waals surface area contributed by atoms with Crippen LogP contribution in [0.15, 0.2) is 24.3 Å². The molecule has 144 valence electrons. The van der Waals surface area contributed by atoms with Crippen molar-refractivity contribution in [2.45, 2.75) is 31.8 Å². The molecule has 26 heavy (non-hydrogen) atoms. The number of likely N-dealkylation sites (tertiary alicyclic amines) is 1. The maximum Gasteiger partial charge on any atom is 0.387 e. The molecule has 4 nitrogen and oxygen atoms in total. The van der Waals surface area contributed by atoms with Gasteiger partial charge in [0.05, 0.1) is 0 Å². The van der Waals surface area contributed by atoms with Crippen LogP contribution in [0.2, 0.25) is 0 Å². The number of nitrogens with zero attached hydrogens (tertiary/aromatic N) is 1. The van der Waals surface area contributed by atoms with E-state index in [0.29, 0.717) is 11.8 Å². The summed E-state index contributed by atoms with van der Waals surface area (Å²) in [6, 6.07) is 6.85. The number of alkyl halides is 2. The smallest absolute Gasteiger partial charge is 0.387 e. The Hall–Kier alpha value is -1.40. The second-order valence-corrected chi connectivity index (χ2v) is 7.45. The second kappa shape index (κ2) is 8.09. The van der Waals surface area contributed by atoms with E-state index in [9.17, 15) is 13.6 Å². The van der Waals surface area contributed by atoms with E-state index in [1.54, 1.807) is 18.2 Å². The number of ether oxygens (including phenoxy) is 1. The molecule has 1 N–H and O–H groups in total. The predicted molar refractivity (Wildman–Crippen MR) is 96.8 cm³/mol. The van der Waals surface area contributed by atoms with Gasteiger partial charge in [-0.15, -0.1) is 12.4 Å². The molecule has 4 rings (SSSR count). The Morgan fingerprint density at radius 1 is 1.15 bits per heavy atom. The van der Waals surface area contributed by atoms with Gasteiger partial charge in [-0.1, -0.05) is 18.2 Å². The molecule has 3 aliphatic rings. The van der Waals surface area contributed by atoms with Gasteiger partial charge in [0.2, 0.25) is 5.91 Å². The fraction of sp³-hybridized carbons (Fsp3) is 0.632. The highest BCUT2D eigenvalue weighted by molar-refractivity contribution is 5.85. The first-order valence-electron chi connectivity index (χ1n) is 9.16. The molecule has 0 spiro atoms. The Morgan fingerprint density at radius 2 is 1.81 bits per heavy atom. The van der Waals surface area contributed by atoms with Gasteiger partial charge in [0.25, 0.3) is 0 Å². The molecular formula is C19H25ClF2N2O2. The average molecular weight is 387 g/mol. The molecule has 3 fully saturated rings. The van der Waals surface area contributed by atoms with Crippen LogP contribution in [0, 0.1) is 17.8 Å². The lowest BCUT2D eigenvalue weighted by Gasteiger charge is -2.21. The van der Waals surface area contributed by atoms with Gasteiger partial charge >= 0.3 is 6.61 Å². The van der Waals surface area contributed by atoms with Gasteiger partial charge in [0, 0.05) is 19.0 Å². The Morgan fingerprint density at radius 3 is 2.46 bits per heavy atom. The van der Waals surface area contributed by atoms with Crippen molar-refractivity contribution in [2.75, 3.05) is 26.2 Å². The third-order valence-corrected chi connectivity index (χ3v) is 5.97. The van der Waals surface area contributed by atoms with E-state index in [0.717, 1.165) is 51.0 Å². The van der Waals surface area contributed by atoms with Gasteiger partial charge < -0.3 is 15.0 Å². The van der Waals surface area contributed by atoms with Gasteiger partial charge in [-0.25, -0.2) is 0 Å². The number of fused-ring (bicyclic) bond motifs is 1. The first-order chi connectivity index (χ1) is 12.1. The number of benzene rings is 1. The van der Waals surface area contributed by atoms with E-state index >= 15 is 0 Å². The molecular weight excluding hydrogens is 362 g/mol. The Labute approximate surface area is 158 Å².